The van der Waals surface area contributed by atoms with E-state index in [-0.39, 0.29) is 21.7 Å². The number of benzene rings is 2. The van der Waals surface area contributed by atoms with Gasteiger partial charge in [-0.3, -0.25) is 9.59 Å². The summed E-state index contributed by atoms with van der Waals surface area (Å²) in [6.07, 6.45) is 0.926. The summed E-state index contributed by atoms with van der Waals surface area (Å²) >= 11 is 5.98. The molecule has 3 rings (SSSR count). The molecule has 0 saturated carbocycles. The number of carbonyl (C=O) groups is 2. The van der Waals surface area contributed by atoms with E-state index >= 15 is 0 Å². The smallest absolute Gasteiger partial charge is 0.338 e. The molecule has 1 aromatic heterocycles. The summed E-state index contributed by atoms with van der Waals surface area (Å²) in [5, 5.41) is 12.2. The van der Waals surface area contributed by atoms with E-state index in [0.717, 1.165) is 16.8 Å². The Hall–Kier alpha value is -3.96. The first-order valence-corrected chi connectivity index (χ1v) is 11.0. The van der Waals surface area contributed by atoms with Crippen molar-refractivity contribution in [1.29, 1.82) is 5.26 Å². The number of pyridine rings is 1. The molecule has 0 radical (unpaired) electrons. The maximum atomic E-state index is 15.0. The molecule has 1 atom stereocenters. The monoisotopic (exact) mass is 495 g/mol. The van der Waals surface area contributed by atoms with Crippen molar-refractivity contribution in [3.8, 4) is 17.2 Å². The third-order valence-corrected chi connectivity index (χ3v) is 5.24. The molecule has 0 aliphatic rings. The zero-order chi connectivity index (χ0) is 25.9. The summed E-state index contributed by atoms with van der Waals surface area (Å²) in [4.78, 5) is 37.6. The van der Waals surface area contributed by atoms with Crippen molar-refractivity contribution in [1.82, 2.24) is 4.57 Å². The van der Waals surface area contributed by atoms with Gasteiger partial charge in [-0.1, -0.05) is 11.6 Å². The maximum Gasteiger partial charge on any atom is 0.338 e. The van der Waals surface area contributed by atoms with Gasteiger partial charge in [0.25, 0.3) is 5.56 Å². The Bertz CT molecular complexity index is 1390. The van der Waals surface area contributed by atoms with Crippen molar-refractivity contribution < 1.29 is 18.7 Å². The summed E-state index contributed by atoms with van der Waals surface area (Å²) in [6.45, 7) is 6.73. The molecule has 1 unspecified atom stereocenters. The second kappa shape index (κ2) is 10.1. The molecule has 7 nitrogen and oxygen atoms in total. The third-order valence-electron chi connectivity index (χ3n) is 5.01. The lowest BCUT2D eigenvalue weighted by molar-refractivity contribution is -0.118. The van der Waals surface area contributed by atoms with Crippen molar-refractivity contribution in [2.45, 2.75) is 39.3 Å². The Morgan fingerprint density at radius 2 is 1.77 bits per heavy atom. The average Bonchev–Trinajstić information content (AvgIpc) is 2.79. The van der Waals surface area contributed by atoms with Gasteiger partial charge in [0.2, 0.25) is 5.91 Å². The highest BCUT2D eigenvalue weighted by atomic mass is 35.5. The van der Waals surface area contributed by atoms with E-state index in [1.807, 2.05) is 6.07 Å². The number of rotatable bonds is 5. The molecule has 0 aliphatic heterocycles. The van der Waals surface area contributed by atoms with Crippen molar-refractivity contribution in [3.05, 3.63) is 87.0 Å². The number of nitrogens with zero attached hydrogens (tertiary/aromatic N) is 2. The second-order valence-electron chi connectivity index (χ2n) is 8.83. The summed E-state index contributed by atoms with van der Waals surface area (Å²) < 4.78 is 21.2. The molecule has 0 bridgehead atoms. The summed E-state index contributed by atoms with van der Waals surface area (Å²) in [6, 6.07) is 12.3. The number of nitriles is 1. The van der Waals surface area contributed by atoms with Gasteiger partial charge in [-0.2, -0.15) is 5.26 Å². The predicted molar refractivity (Wildman–Crippen MR) is 131 cm³/mol. The van der Waals surface area contributed by atoms with Crippen LogP contribution in [0.5, 0.6) is 0 Å². The Labute approximate surface area is 206 Å². The minimum absolute atomic E-state index is 0.0874. The van der Waals surface area contributed by atoms with Crippen LogP contribution in [0.25, 0.3) is 11.1 Å². The van der Waals surface area contributed by atoms with E-state index in [2.05, 4.69) is 5.32 Å². The maximum absolute atomic E-state index is 15.0. The van der Waals surface area contributed by atoms with E-state index in [1.165, 1.54) is 49.4 Å². The van der Waals surface area contributed by atoms with Gasteiger partial charge in [-0.25, -0.2) is 9.18 Å². The van der Waals surface area contributed by atoms with Crippen molar-refractivity contribution in [2.75, 3.05) is 5.32 Å². The molecule has 180 valence electrons. The molecular formula is C26H23ClFN3O4. The first kappa shape index (κ1) is 25.7. The molecule has 1 heterocycles. The first-order chi connectivity index (χ1) is 16.4. The largest absolute Gasteiger partial charge is 0.456 e. The molecular weight excluding hydrogens is 473 g/mol. The molecule has 0 aliphatic carbocycles. The van der Waals surface area contributed by atoms with Crippen LogP contribution >= 0.6 is 11.6 Å². The van der Waals surface area contributed by atoms with Crippen molar-refractivity contribution in [2.24, 2.45) is 0 Å². The lowest BCUT2D eigenvalue weighted by Gasteiger charge is -2.19. The van der Waals surface area contributed by atoms with Crippen LogP contribution in [0.4, 0.5) is 10.1 Å². The van der Waals surface area contributed by atoms with Gasteiger partial charge in [-0.15, -0.1) is 0 Å². The van der Waals surface area contributed by atoms with Gasteiger partial charge in [0.1, 0.15) is 17.5 Å². The number of ether oxygens (including phenoxy) is 1. The number of carbonyl (C=O) groups excluding carboxylic acids is 2. The number of hydrogen-bond acceptors (Lipinski definition) is 5. The van der Waals surface area contributed by atoms with E-state index in [0.29, 0.717) is 11.3 Å². The highest BCUT2D eigenvalue weighted by molar-refractivity contribution is 6.30. The van der Waals surface area contributed by atoms with E-state index in [1.54, 1.807) is 20.8 Å². The normalized spacial score (nSPS) is 11.9. The number of anilines is 1. The number of aromatic nitrogens is 1. The molecule has 0 fully saturated rings. The van der Waals surface area contributed by atoms with Crippen molar-refractivity contribution in [3.63, 3.8) is 0 Å². The minimum atomic E-state index is -1.05. The van der Waals surface area contributed by atoms with E-state index in [9.17, 15) is 24.0 Å². The Morgan fingerprint density at radius 3 is 2.37 bits per heavy atom. The Balaban J connectivity index is 1.81. The van der Waals surface area contributed by atoms with E-state index in [4.69, 9.17) is 16.3 Å². The first-order valence-electron chi connectivity index (χ1n) is 10.7. The van der Waals surface area contributed by atoms with Gasteiger partial charge in [0, 0.05) is 34.1 Å². The zero-order valence-electron chi connectivity index (χ0n) is 19.6. The van der Waals surface area contributed by atoms with Crippen LogP contribution in [-0.2, 0) is 9.53 Å². The van der Waals surface area contributed by atoms with Crippen LogP contribution in [0.15, 0.2) is 59.5 Å². The number of amides is 1. The molecule has 3 aromatic rings. The number of hydrogen-bond donors (Lipinski definition) is 1. The van der Waals surface area contributed by atoms with Crippen LogP contribution in [0, 0.1) is 17.1 Å². The highest BCUT2D eigenvalue weighted by Crippen LogP contribution is 2.28. The SMILES string of the molecule is CC(C(=O)Nc1ccc(C(=O)OC(C)(C)C)cc1)n1cc(F)c(-c2cc(Cl)ccc2C#N)cc1=O. The quantitative estimate of drug-likeness (QED) is 0.482. The lowest BCUT2D eigenvalue weighted by atomic mass is 10.0. The third kappa shape index (κ3) is 6.14. The fraction of sp³-hybridized carbons (Fsp3) is 0.231. The topological polar surface area (TPSA) is 101 Å². The number of halogens is 2. The van der Waals surface area contributed by atoms with Crippen LogP contribution in [0.3, 0.4) is 0 Å². The standard InChI is InChI=1S/C26H23ClFN3O4/c1-15(24(33)30-19-9-6-16(7-10-19)25(34)35-26(2,3)4)31-14-22(28)21(12-23(31)32)20-11-18(27)8-5-17(20)13-29/h5-12,14-15H,1-4H3,(H,30,33). The predicted octanol–water partition coefficient (Wildman–Crippen LogP) is 5.33. The molecule has 1 N–H and O–H groups in total. The van der Waals surface area contributed by atoms with Crippen LogP contribution in [0.1, 0.15) is 49.7 Å². The van der Waals surface area contributed by atoms with Crippen LogP contribution in [-0.4, -0.2) is 22.0 Å². The molecule has 1 amide bonds. The lowest BCUT2D eigenvalue weighted by Crippen LogP contribution is -2.31. The van der Waals surface area contributed by atoms with Gasteiger partial charge in [0.05, 0.1) is 17.2 Å². The Morgan fingerprint density at radius 1 is 1.11 bits per heavy atom. The molecule has 35 heavy (non-hydrogen) atoms. The zero-order valence-corrected chi connectivity index (χ0v) is 20.3. The Kier molecular flexibility index (Phi) is 7.42. The number of nitrogens with one attached hydrogen (secondary N) is 1. The van der Waals surface area contributed by atoms with E-state index < -0.39 is 34.9 Å². The van der Waals surface area contributed by atoms with Gasteiger partial charge in [0.15, 0.2) is 0 Å². The van der Waals surface area contributed by atoms with Crippen molar-refractivity contribution >= 4 is 29.2 Å². The van der Waals surface area contributed by atoms with Crippen LogP contribution in [0.2, 0.25) is 5.02 Å². The number of esters is 1. The van der Waals surface area contributed by atoms with Crippen LogP contribution < -0.4 is 10.9 Å². The summed E-state index contributed by atoms with van der Waals surface area (Å²) in [5.74, 6) is -1.85. The average molecular weight is 496 g/mol. The second-order valence-corrected chi connectivity index (χ2v) is 9.26. The molecule has 0 spiro atoms. The van der Waals surface area contributed by atoms with Gasteiger partial charge in [-0.05, 0) is 70.2 Å². The fourth-order valence-electron chi connectivity index (χ4n) is 3.27. The summed E-state index contributed by atoms with van der Waals surface area (Å²) in [7, 11) is 0. The molecule has 9 heteroatoms. The minimum Gasteiger partial charge on any atom is -0.456 e. The highest BCUT2D eigenvalue weighted by Gasteiger charge is 2.21. The fourth-order valence-corrected chi connectivity index (χ4v) is 3.44. The summed E-state index contributed by atoms with van der Waals surface area (Å²) in [5.41, 5.74) is -0.311. The molecule has 2 aromatic carbocycles. The van der Waals surface area contributed by atoms with Gasteiger partial charge >= 0.3 is 5.97 Å². The van der Waals surface area contributed by atoms with Gasteiger partial charge < -0.3 is 14.6 Å². The molecule has 0 saturated heterocycles.